The minimum atomic E-state index is -0.0464. The molecule has 2 N–H and O–H groups in total. The van der Waals surface area contributed by atoms with Crippen molar-refractivity contribution in [3.8, 4) is 0 Å². The predicted molar refractivity (Wildman–Crippen MR) is 84.6 cm³/mol. The number of nitrogens with zero attached hydrogens (tertiary/aromatic N) is 1. The highest BCUT2D eigenvalue weighted by Crippen LogP contribution is 2.24. The lowest BCUT2D eigenvalue weighted by Crippen LogP contribution is -2.31. The summed E-state index contributed by atoms with van der Waals surface area (Å²) in [5, 5.41) is 0. The molecule has 0 bridgehead atoms. The molecule has 0 saturated heterocycles. The Balaban J connectivity index is 2.53. The first-order chi connectivity index (χ1) is 9.69. The van der Waals surface area contributed by atoms with E-state index in [2.05, 4.69) is 31.8 Å². The molecule has 1 heterocycles. The van der Waals surface area contributed by atoms with Crippen molar-refractivity contribution in [1.82, 2.24) is 4.98 Å². The van der Waals surface area contributed by atoms with Crippen molar-refractivity contribution in [3.63, 3.8) is 0 Å². The average molecular weight is 278 g/mol. The molecular weight excluding hydrogens is 248 g/mol. The Labute approximate surface area is 123 Å². The maximum atomic E-state index is 6.22. The maximum absolute atomic E-state index is 6.22. The molecule has 0 saturated carbocycles. The molecule has 1 aromatic heterocycles. The predicted octanol–water partition coefficient (Wildman–Crippen LogP) is 4.24. The van der Waals surface area contributed by atoms with Crippen LogP contribution in [0.1, 0.15) is 71.0 Å². The zero-order valence-corrected chi connectivity index (χ0v) is 13.2. The number of rotatable bonds is 10. The second-order valence-electron chi connectivity index (χ2n) is 5.58. The van der Waals surface area contributed by atoms with Crippen LogP contribution in [0.15, 0.2) is 24.5 Å². The Bertz CT molecular complexity index is 342. The molecule has 114 valence electrons. The Morgan fingerprint density at radius 1 is 1.25 bits per heavy atom. The molecular formula is C17H30N2O. The molecule has 0 fully saturated rings. The average Bonchev–Trinajstić information content (AvgIpc) is 2.49. The van der Waals surface area contributed by atoms with Crippen molar-refractivity contribution in [2.75, 3.05) is 0 Å². The van der Waals surface area contributed by atoms with Crippen LogP contribution in [0.3, 0.4) is 0 Å². The summed E-state index contributed by atoms with van der Waals surface area (Å²) in [5.41, 5.74) is 7.31. The SMILES string of the molecule is CCCCCCC(C)OC(c1cccnc1)C(N)CC. The number of nitrogens with two attached hydrogens (primary N) is 1. The van der Waals surface area contributed by atoms with Crippen molar-refractivity contribution in [3.05, 3.63) is 30.1 Å². The third kappa shape index (κ3) is 6.02. The van der Waals surface area contributed by atoms with Crippen LogP contribution in [0.25, 0.3) is 0 Å². The van der Waals surface area contributed by atoms with Crippen LogP contribution in [0.2, 0.25) is 0 Å². The van der Waals surface area contributed by atoms with E-state index in [0.29, 0.717) is 0 Å². The quantitative estimate of drug-likeness (QED) is 0.651. The van der Waals surface area contributed by atoms with Crippen molar-refractivity contribution < 1.29 is 4.74 Å². The summed E-state index contributed by atoms with van der Waals surface area (Å²) in [7, 11) is 0. The maximum Gasteiger partial charge on any atom is 0.0994 e. The van der Waals surface area contributed by atoms with Crippen molar-refractivity contribution in [1.29, 1.82) is 0 Å². The van der Waals surface area contributed by atoms with Gasteiger partial charge in [-0.15, -0.1) is 0 Å². The van der Waals surface area contributed by atoms with Crippen molar-refractivity contribution in [2.24, 2.45) is 5.73 Å². The summed E-state index contributed by atoms with van der Waals surface area (Å²) in [6, 6.07) is 4.02. The van der Waals surface area contributed by atoms with E-state index in [1.54, 1.807) is 6.20 Å². The van der Waals surface area contributed by atoms with Crippen molar-refractivity contribution >= 4 is 0 Å². The minimum Gasteiger partial charge on any atom is -0.369 e. The fourth-order valence-corrected chi connectivity index (χ4v) is 2.36. The Morgan fingerprint density at radius 2 is 2.05 bits per heavy atom. The van der Waals surface area contributed by atoms with Crippen LogP contribution in [0, 0.1) is 0 Å². The molecule has 0 aromatic carbocycles. The molecule has 1 aromatic rings. The Kier molecular flexibility index (Phi) is 8.47. The highest BCUT2D eigenvalue weighted by molar-refractivity contribution is 5.14. The molecule has 0 aliphatic rings. The topological polar surface area (TPSA) is 48.1 Å². The van der Waals surface area contributed by atoms with E-state index in [4.69, 9.17) is 10.5 Å². The minimum absolute atomic E-state index is 0.0253. The lowest BCUT2D eigenvalue weighted by atomic mass is 10.0. The molecule has 3 unspecified atom stereocenters. The van der Waals surface area contributed by atoms with Crippen LogP contribution >= 0.6 is 0 Å². The zero-order valence-electron chi connectivity index (χ0n) is 13.2. The molecule has 3 heteroatoms. The second kappa shape index (κ2) is 9.89. The number of pyridine rings is 1. The summed E-state index contributed by atoms with van der Waals surface area (Å²) in [5.74, 6) is 0. The normalized spacial score (nSPS) is 15.8. The molecule has 3 atom stereocenters. The molecule has 0 aliphatic heterocycles. The first kappa shape index (κ1) is 17.1. The van der Waals surface area contributed by atoms with Gasteiger partial charge in [-0.25, -0.2) is 0 Å². The van der Waals surface area contributed by atoms with Crippen molar-refractivity contribution in [2.45, 2.75) is 77.5 Å². The van der Waals surface area contributed by atoms with Gasteiger partial charge in [-0.3, -0.25) is 4.98 Å². The van der Waals surface area contributed by atoms with Gasteiger partial charge in [-0.05, 0) is 25.8 Å². The fraction of sp³-hybridized carbons (Fsp3) is 0.706. The molecule has 1 rings (SSSR count). The number of aromatic nitrogens is 1. The Hall–Kier alpha value is -0.930. The van der Waals surface area contributed by atoms with Crippen LogP contribution < -0.4 is 5.73 Å². The number of hydrogen-bond acceptors (Lipinski definition) is 3. The molecule has 0 spiro atoms. The van der Waals surface area contributed by atoms with Gasteiger partial charge in [0.15, 0.2) is 0 Å². The third-order valence-electron chi connectivity index (χ3n) is 3.72. The van der Waals surface area contributed by atoms with Gasteiger partial charge < -0.3 is 10.5 Å². The van der Waals surface area contributed by atoms with Crippen LogP contribution in [-0.2, 0) is 4.74 Å². The fourth-order valence-electron chi connectivity index (χ4n) is 2.36. The van der Waals surface area contributed by atoms with E-state index in [-0.39, 0.29) is 18.2 Å². The van der Waals surface area contributed by atoms with Crippen LogP contribution in [0.5, 0.6) is 0 Å². The standard InChI is InChI=1S/C17H30N2O/c1-4-6-7-8-10-14(3)20-17(16(18)5-2)15-11-9-12-19-13-15/h9,11-14,16-17H,4-8,10,18H2,1-3H3. The number of hydrogen-bond donors (Lipinski definition) is 1. The van der Waals surface area contributed by atoms with E-state index in [9.17, 15) is 0 Å². The lowest BCUT2D eigenvalue weighted by Gasteiger charge is -2.27. The second-order valence-corrected chi connectivity index (χ2v) is 5.58. The van der Waals surface area contributed by atoms with Gasteiger partial charge in [0, 0.05) is 24.0 Å². The van der Waals surface area contributed by atoms with Gasteiger partial charge in [0.05, 0.1) is 12.2 Å². The molecule has 3 nitrogen and oxygen atoms in total. The summed E-state index contributed by atoms with van der Waals surface area (Å²) >= 11 is 0. The van der Waals surface area contributed by atoms with Gasteiger partial charge in [0.2, 0.25) is 0 Å². The Morgan fingerprint density at radius 3 is 2.65 bits per heavy atom. The van der Waals surface area contributed by atoms with Gasteiger partial charge in [-0.2, -0.15) is 0 Å². The highest BCUT2D eigenvalue weighted by atomic mass is 16.5. The van der Waals surface area contributed by atoms with Gasteiger partial charge >= 0.3 is 0 Å². The van der Waals surface area contributed by atoms with Crippen LogP contribution in [0.4, 0.5) is 0 Å². The number of unbranched alkanes of at least 4 members (excludes halogenated alkanes) is 3. The summed E-state index contributed by atoms with van der Waals surface area (Å²) < 4.78 is 6.20. The van der Waals surface area contributed by atoms with Gasteiger partial charge in [0.1, 0.15) is 0 Å². The largest absolute Gasteiger partial charge is 0.369 e. The molecule has 0 aliphatic carbocycles. The number of ether oxygens (including phenoxy) is 1. The highest BCUT2D eigenvalue weighted by Gasteiger charge is 2.21. The molecule has 0 radical (unpaired) electrons. The van der Waals surface area contributed by atoms with E-state index < -0.39 is 0 Å². The van der Waals surface area contributed by atoms with E-state index in [0.717, 1.165) is 18.4 Å². The van der Waals surface area contributed by atoms with E-state index in [1.165, 1.54) is 25.7 Å². The lowest BCUT2D eigenvalue weighted by molar-refractivity contribution is -0.0231. The van der Waals surface area contributed by atoms with Gasteiger partial charge in [-0.1, -0.05) is 45.6 Å². The summed E-state index contributed by atoms with van der Waals surface area (Å²) in [6.07, 6.45) is 11.0. The van der Waals surface area contributed by atoms with E-state index >= 15 is 0 Å². The smallest absolute Gasteiger partial charge is 0.0994 e. The molecule has 0 amide bonds. The van der Waals surface area contributed by atoms with E-state index in [1.807, 2.05) is 12.3 Å². The first-order valence-corrected chi connectivity index (χ1v) is 8.00. The third-order valence-corrected chi connectivity index (χ3v) is 3.72. The summed E-state index contributed by atoms with van der Waals surface area (Å²) in [6.45, 7) is 6.49. The van der Waals surface area contributed by atoms with Crippen LogP contribution in [-0.4, -0.2) is 17.1 Å². The summed E-state index contributed by atoms with van der Waals surface area (Å²) in [4.78, 5) is 4.18. The zero-order chi connectivity index (χ0) is 14.8. The first-order valence-electron chi connectivity index (χ1n) is 8.00. The van der Waals surface area contributed by atoms with Gasteiger partial charge in [0.25, 0.3) is 0 Å². The molecule has 20 heavy (non-hydrogen) atoms. The monoisotopic (exact) mass is 278 g/mol.